The number of hydrogen-bond donors (Lipinski definition) is 3. The molecule has 3 N–H and O–H groups in total. The van der Waals surface area contributed by atoms with Crippen LogP contribution in [0.5, 0.6) is 0 Å². The SMILES string of the molecule is CC(c1c[nH]c2ccccc12)C(NC(=O)NC1Cc2ccccc2C1)C(=O)N1C[C@@H](CN(C)C)Cc2cc(Cl)ccc21. The average Bonchev–Trinajstić information content (AvgIpc) is 3.58. The standard InChI is InChI=1S/C34H38ClN5O2/c1-21(29-18-36-30-11-7-6-10-28(29)30)32(38-34(42)37-27-16-23-8-4-5-9-24(23)17-27)33(41)40-20-22(19-39(2)3)14-25-15-26(35)12-13-31(25)40/h4-13,15,18,21-22,27,32,36H,14,16-17,19-20H2,1-3H3,(H2,37,38,42)/t21?,22-,32?/m1/s1. The molecule has 1 aromatic heterocycles. The number of nitrogens with zero attached hydrogens (tertiary/aromatic N) is 2. The second-order valence-corrected chi connectivity index (χ2v) is 12.5. The normalized spacial score (nSPS) is 18.0. The number of halogens is 1. The Morgan fingerprint density at radius 3 is 2.45 bits per heavy atom. The Morgan fingerprint density at radius 2 is 1.71 bits per heavy atom. The van der Waals surface area contributed by atoms with E-state index in [9.17, 15) is 9.59 Å². The molecule has 2 unspecified atom stereocenters. The topological polar surface area (TPSA) is 80.5 Å². The Morgan fingerprint density at radius 1 is 1.00 bits per heavy atom. The minimum absolute atomic E-state index is 0.0103. The maximum Gasteiger partial charge on any atom is 0.315 e. The molecule has 218 valence electrons. The Balaban J connectivity index is 1.31. The van der Waals surface area contributed by atoms with E-state index in [1.165, 1.54) is 11.1 Å². The van der Waals surface area contributed by atoms with E-state index in [1.54, 1.807) is 0 Å². The van der Waals surface area contributed by atoms with Crippen LogP contribution in [0.3, 0.4) is 0 Å². The van der Waals surface area contributed by atoms with Crippen molar-refractivity contribution in [1.82, 2.24) is 20.5 Å². The summed E-state index contributed by atoms with van der Waals surface area (Å²) in [7, 11) is 4.10. The number of fused-ring (bicyclic) bond motifs is 3. The summed E-state index contributed by atoms with van der Waals surface area (Å²) < 4.78 is 0. The first-order valence-electron chi connectivity index (χ1n) is 14.7. The number of amides is 3. The first kappa shape index (κ1) is 28.3. The maximum atomic E-state index is 14.6. The Labute approximate surface area is 252 Å². The number of rotatable bonds is 7. The van der Waals surface area contributed by atoms with Crippen LogP contribution >= 0.6 is 11.6 Å². The Hall–Kier alpha value is -3.81. The van der Waals surface area contributed by atoms with Crippen LogP contribution in [0, 0.1) is 5.92 Å². The molecule has 3 amide bonds. The lowest BCUT2D eigenvalue weighted by atomic mass is 9.88. The number of aromatic amines is 1. The molecule has 2 aliphatic rings. The van der Waals surface area contributed by atoms with Gasteiger partial charge in [-0.15, -0.1) is 0 Å². The van der Waals surface area contributed by atoms with Crippen LogP contribution in [-0.4, -0.2) is 61.1 Å². The first-order valence-corrected chi connectivity index (χ1v) is 15.1. The zero-order valence-electron chi connectivity index (χ0n) is 24.4. The minimum atomic E-state index is -0.783. The van der Waals surface area contributed by atoms with Crippen molar-refractivity contribution < 1.29 is 9.59 Å². The highest BCUT2D eigenvalue weighted by atomic mass is 35.5. The largest absolute Gasteiger partial charge is 0.361 e. The molecule has 6 rings (SSSR count). The predicted molar refractivity (Wildman–Crippen MR) is 169 cm³/mol. The second kappa shape index (κ2) is 11.8. The molecular formula is C34H38ClN5O2. The molecular weight excluding hydrogens is 546 g/mol. The fourth-order valence-electron chi connectivity index (χ4n) is 6.81. The van der Waals surface area contributed by atoms with Crippen LogP contribution in [0.4, 0.5) is 10.5 Å². The third-order valence-electron chi connectivity index (χ3n) is 8.72. The van der Waals surface area contributed by atoms with E-state index in [0.717, 1.165) is 53.5 Å². The van der Waals surface area contributed by atoms with Crippen LogP contribution in [0.25, 0.3) is 10.9 Å². The van der Waals surface area contributed by atoms with Crippen LogP contribution < -0.4 is 15.5 Å². The molecule has 0 spiro atoms. The van der Waals surface area contributed by atoms with E-state index in [1.807, 2.05) is 66.6 Å². The minimum Gasteiger partial charge on any atom is -0.361 e. The number of hydrogen-bond acceptors (Lipinski definition) is 3. The summed E-state index contributed by atoms with van der Waals surface area (Å²) in [6, 6.07) is 21.0. The maximum absolute atomic E-state index is 14.6. The molecule has 3 aromatic carbocycles. The van der Waals surface area contributed by atoms with E-state index in [4.69, 9.17) is 11.6 Å². The molecule has 0 saturated heterocycles. The van der Waals surface area contributed by atoms with Crippen molar-refractivity contribution in [2.24, 2.45) is 5.92 Å². The number of benzene rings is 3. The highest BCUT2D eigenvalue weighted by Crippen LogP contribution is 2.35. The summed E-state index contributed by atoms with van der Waals surface area (Å²) >= 11 is 6.39. The molecule has 0 radical (unpaired) electrons. The van der Waals surface area contributed by atoms with Gasteiger partial charge >= 0.3 is 6.03 Å². The van der Waals surface area contributed by atoms with Crippen LogP contribution in [0.2, 0.25) is 5.02 Å². The zero-order valence-corrected chi connectivity index (χ0v) is 25.1. The van der Waals surface area contributed by atoms with Crippen molar-refractivity contribution in [3.05, 3.63) is 100 Å². The van der Waals surface area contributed by atoms with E-state index >= 15 is 0 Å². The van der Waals surface area contributed by atoms with Crippen molar-refractivity contribution in [3.63, 3.8) is 0 Å². The van der Waals surface area contributed by atoms with Gasteiger partial charge in [-0.25, -0.2) is 4.79 Å². The molecule has 1 aliphatic carbocycles. The summed E-state index contributed by atoms with van der Waals surface area (Å²) in [5, 5.41) is 7.99. The van der Waals surface area contributed by atoms with Gasteiger partial charge in [0.15, 0.2) is 0 Å². The van der Waals surface area contributed by atoms with Gasteiger partial charge in [-0.1, -0.05) is 61.0 Å². The van der Waals surface area contributed by atoms with Gasteiger partial charge in [0.25, 0.3) is 0 Å². The number of H-pyrrole nitrogens is 1. The summed E-state index contributed by atoms with van der Waals surface area (Å²) in [5.41, 5.74) is 6.44. The summed E-state index contributed by atoms with van der Waals surface area (Å²) in [5.74, 6) is -0.167. The predicted octanol–water partition coefficient (Wildman–Crippen LogP) is 5.53. The van der Waals surface area contributed by atoms with Gasteiger partial charge in [-0.2, -0.15) is 0 Å². The monoisotopic (exact) mass is 583 g/mol. The fourth-order valence-corrected chi connectivity index (χ4v) is 7.00. The zero-order chi connectivity index (χ0) is 29.4. The smallest absolute Gasteiger partial charge is 0.315 e. The van der Waals surface area contributed by atoms with Crippen LogP contribution in [-0.2, 0) is 24.1 Å². The van der Waals surface area contributed by atoms with Crippen molar-refractivity contribution in [2.45, 2.75) is 44.2 Å². The Kier molecular flexibility index (Phi) is 7.97. The number of aromatic nitrogens is 1. The molecule has 1 aliphatic heterocycles. The summed E-state index contributed by atoms with van der Waals surface area (Å²) in [4.78, 5) is 35.5. The third kappa shape index (κ3) is 5.76. The van der Waals surface area contributed by atoms with Gasteiger partial charge < -0.3 is 25.4 Å². The van der Waals surface area contributed by atoms with E-state index in [0.29, 0.717) is 11.6 Å². The van der Waals surface area contributed by atoms with Crippen LogP contribution in [0.1, 0.15) is 35.1 Å². The van der Waals surface area contributed by atoms with Gasteiger partial charge in [-0.3, -0.25) is 4.79 Å². The average molecular weight is 584 g/mol. The van der Waals surface area contributed by atoms with E-state index in [2.05, 4.69) is 52.8 Å². The quantitative estimate of drug-likeness (QED) is 0.268. The van der Waals surface area contributed by atoms with Gasteiger partial charge in [0.05, 0.1) is 0 Å². The number of carbonyl (C=O) groups is 2. The highest BCUT2D eigenvalue weighted by Gasteiger charge is 2.37. The van der Waals surface area contributed by atoms with Gasteiger partial charge in [0.1, 0.15) is 6.04 Å². The van der Waals surface area contributed by atoms with Gasteiger partial charge in [0, 0.05) is 52.9 Å². The molecule has 3 atom stereocenters. The van der Waals surface area contributed by atoms with Crippen molar-refractivity contribution >= 4 is 40.1 Å². The van der Waals surface area contributed by atoms with E-state index in [-0.39, 0.29) is 29.8 Å². The first-order chi connectivity index (χ1) is 20.3. The molecule has 0 saturated carbocycles. The lowest BCUT2D eigenvalue weighted by molar-refractivity contribution is -0.121. The van der Waals surface area contributed by atoms with Crippen molar-refractivity contribution in [2.75, 3.05) is 32.1 Å². The second-order valence-electron chi connectivity index (χ2n) is 12.1. The number of nitrogens with one attached hydrogen (secondary N) is 3. The fraction of sp³-hybridized carbons (Fsp3) is 0.353. The van der Waals surface area contributed by atoms with Crippen molar-refractivity contribution in [1.29, 1.82) is 0 Å². The van der Waals surface area contributed by atoms with Gasteiger partial charge in [0.2, 0.25) is 5.91 Å². The number of carbonyl (C=O) groups excluding carboxylic acids is 2. The highest BCUT2D eigenvalue weighted by molar-refractivity contribution is 6.30. The molecule has 0 fully saturated rings. The number of para-hydroxylation sites is 1. The molecule has 4 aromatic rings. The molecule has 8 heteroatoms. The van der Waals surface area contributed by atoms with Crippen molar-refractivity contribution in [3.8, 4) is 0 Å². The molecule has 42 heavy (non-hydrogen) atoms. The number of urea groups is 1. The lowest BCUT2D eigenvalue weighted by Gasteiger charge is -2.38. The van der Waals surface area contributed by atoms with Gasteiger partial charge in [-0.05, 0) is 85.8 Å². The molecule has 2 heterocycles. The molecule has 7 nitrogen and oxygen atoms in total. The third-order valence-corrected chi connectivity index (χ3v) is 8.96. The Bertz CT molecular complexity index is 1590. The summed E-state index contributed by atoms with van der Waals surface area (Å²) in [6.45, 7) is 3.44. The number of anilines is 1. The van der Waals surface area contributed by atoms with E-state index < -0.39 is 6.04 Å². The summed E-state index contributed by atoms with van der Waals surface area (Å²) in [6.07, 6.45) is 4.37. The molecule has 0 bridgehead atoms. The lowest BCUT2D eigenvalue weighted by Crippen LogP contribution is -2.56. The van der Waals surface area contributed by atoms with Crippen LogP contribution in [0.15, 0.2) is 72.9 Å².